The maximum Gasteiger partial charge on any atom is 0.397 e. The minimum atomic E-state index is -5.13. The van der Waals surface area contributed by atoms with E-state index in [1.54, 1.807) is 0 Å². The van der Waals surface area contributed by atoms with Crippen LogP contribution in [-0.2, 0) is 100 Å². The highest BCUT2D eigenvalue weighted by molar-refractivity contribution is 7.81. The summed E-state index contributed by atoms with van der Waals surface area (Å²) in [6, 6.07) is -5.72. The second-order valence-corrected chi connectivity index (χ2v) is 23.7. The Balaban J connectivity index is 0.806. The Morgan fingerprint density at radius 3 is 0.988 bits per heavy atom. The third-order valence-corrected chi connectivity index (χ3v) is 16.3. The predicted octanol–water partition coefficient (Wildman–Crippen LogP) is -12.3. The van der Waals surface area contributed by atoms with Crippen LogP contribution >= 0.6 is 0 Å². The Morgan fingerprint density at radius 1 is 0.376 bits per heavy atom. The first kappa shape index (κ1) is 69.4. The quantitative estimate of drug-likeness (QED) is 0.0448. The predicted molar refractivity (Wildman–Crippen MR) is 264 cm³/mol. The van der Waals surface area contributed by atoms with Crippen molar-refractivity contribution < 1.29 is 167 Å². The second kappa shape index (κ2) is 29.8. The molecule has 8 heterocycles. The van der Waals surface area contributed by atoms with E-state index in [1.807, 2.05) is 0 Å². The van der Waals surface area contributed by atoms with Gasteiger partial charge in [-0.25, -0.2) is 8.37 Å². The van der Waals surface area contributed by atoms with E-state index < -0.39 is 270 Å². The van der Waals surface area contributed by atoms with Crippen LogP contribution in [0.2, 0.25) is 0 Å². The van der Waals surface area contributed by atoms with Crippen molar-refractivity contribution in [3.05, 3.63) is 0 Å². The van der Waals surface area contributed by atoms with Gasteiger partial charge in [-0.3, -0.25) is 9.11 Å². The van der Waals surface area contributed by atoms with Gasteiger partial charge in [0, 0.05) is 25.7 Å². The highest BCUT2D eigenvalue weighted by Crippen LogP contribution is 2.35. The molecule has 8 aliphatic heterocycles. The minimum Gasteiger partial charge on any atom is -0.394 e. The maximum absolute atomic E-state index is 11.7. The smallest absolute Gasteiger partial charge is 0.394 e. The van der Waals surface area contributed by atoms with Crippen LogP contribution in [0.5, 0.6) is 0 Å². The first-order valence-corrected chi connectivity index (χ1v) is 29.7. The van der Waals surface area contributed by atoms with Gasteiger partial charge < -0.3 is 155 Å². The normalized spacial score (nSPS) is 48.9. The fraction of sp³-hybridized carbons (Fsp3) is 1.00. The van der Waals surface area contributed by atoms with Crippen molar-refractivity contribution in [2.45, 2.75) is 222 Å². The molecule has 0 aromatic rings. The number of aliphatic hydroxyl groups is 12. The Kier molecular flexibility index (Phi) is 24.4. The summed E-state index contributed by atoms with van der Waals surface area (Å²) in [4.78, 5) is 0. The molecule has 8 unspecified atom stereocenters. The molecule has 0 amide bonds. The molecule has 39 nitrogen and oxygen atoms in total. The summed E-state index contributed by atoms with van der Waals surface area (Å²) in [5.74, 6) is 0. The largest absolute Gasteiger partial charge is 0.397 e. The van der Waals surface area contributed by atoms with Gasteiger partial charge in [0.2, 0.25) is 0 Å². The van der Waals surface area contributed by atoms with Gasteiger partial charge in [-0.05, 0) is 0 Å². The molecule has 0 spiro atoms. The third kappa shape index (κ3) is 17.6. The Morgan fingerprint density at radius 2 is 0.671 bits per heavy atom. The summed E-state index contributed by atoms with van der Waals surface area (Å²) in [7, 11) is -10.2. The van der Waals surface area contributed by atoms with Crippen LogP contribution in [0.15, 0.2) is 0 Å². The first-order valence-electron chi connectivity index (χ1n) is 27.0. The zero-order chi connectivity index (χ0) is 62.0. The van der Waals surface area contributed by atoms with Crippen molar-refractivity contribution in [3.63, 3.8) is 0 Å². The van der Waals surface area contributed by atoms with E-state index >= 15 is 0 Å². The van der Waals surface area contributed by atoms with Crippen molar-refractivity contribution in [3.8, 4) is 0 Å². The first-order chi connectivity index (χ1) is 40.0. The molecular weight excluding hydrogens is 1210 g/mol. The maximum atomic E-state index is 11.7. The molecule has 0 radical (unpaired) electrons. The number of hydrogen-bond acceptors (Lipinski definition) is 37. The summed E-state index contributed by atoms with van der Waals surface area (Å²) in [6.07, 6.45) is -41.8. The fourth-order valence-corrected chi connectivity index (χ4v) is 11.2. The fourth-order valence-electron chi connectivity index (χ4n) is 10.6. The Labute approximate surface area is 484 Å². The van der Waals surface area contributed by atoms with Crippen molar-refractivity contribution >= 4 is 20.8 Å². The number of hydrogen-bond donors (Lipinski definition) is 18. The SMILES string of the molecule is NC1[C@@H](O[C@@H]2CO[C@@H](O[C@@H]3C(CO)O[C@@H](O[C@@H]4CO[C@@H](O[C@@H]5C(COS(=O)(=O)O)O[C@@H](O[C@@H]6CO[C@@H](O[C@@H]7C(CO)O[C@H](O)C(N)[C@H]7O)C[C@@H]6O)C(N)[C@H]5O)C[C@@H]4O)C(N)[C@H]3O)C[C@@H]2O)OC(COS(=O)(=O)O)[C@@H](O[C@H]2C[C@H](O)[C@H](O)CO2)[C@@H]1O. The third-order valence-electron chi connectivity index (χ3n) is 15.4. The lowest BCUT2D eigenvalue weighted by Gasteiger charge is -2.47. The topological polar surface area (TPSA) is 612 Å². The van der Waals surface area contributed by atoms with Crippen molar-refractivity contribution in [2.24, 2.45) is 22.9 Å². The average Bonchev–Trinajstić information content (AvgIpc) is 3.29. The van der Waals surface area contributed by atoms with Gasteiger partial charge in [0.25, 0.3) is 0 Å². The van der Waals surface area contributed by atoms with E-state index in [1.165, 1.54) is 0 Å². The number of ether oxygens (including phenoxy) is 15. The summed E-state index contributed by atoms with van der Waals surface area (Å²) in [6.45, 7) is -5.13. The van der Waals surface area contributed by atoms with Crippen molar-refractivity contribution in [1.29, 1.82) is 0 Å². The second-order valence-electron chi connectivity index (χ2n) is 21.5. The monoisotopic (exact) mass is 1290 g/mol. The Bertz CT molecular complexity index is 2310. The van der Waals surface area contributed by atoms with Crippen LogP contribution < -0.4 is 22.9 Å². The van der Waals surface area contributed by atoms with Gasteiger partial charge >= 0.3 is 20.8 Å². The van der Waals surface area contributed by atoms with E-state index in [0.717, 1.165) is 0 Å². The summed E-state index contributed by atoms with van der Waals surface area (Å²) in [5, 5.41) is 128. The lowest BCUT2D eigenvalue weighted by atomic mass is 9.96. The average molecular weight is 1290 g/mol. The van der Waals surface area contributed by atoms with Crippen LogP contribution in [0.3, 0.4) is 0 Å². The molecule has 0 saturated carbocycles. The van der Waals surface area contributed by atoms with Crippen molar-refractivity contribution in [1.82, 2.24) is 0 Å². The highest BCUT2D eigenvalue weighted by atomic mass is 32.3. The molecule has 32 atom stereocenters. The molecule has 0 aromatic carbocycles. The molecular formula is C44H78N4O35S2. The molecule has 22 N–H and O–H groups in total. The van der Waals surface area contributed by atoms with E-state index in [0.29, 0.717) is 0 Å². The lowest BCUT2D eigenvalue weighted by Crippen LogP contribution is -2.66. The summed E-state index contributed by atoms with van der Waals surface area (Å²) >= 11 is 0. The van der Waals surface area contributed by atoms with Crippen LogP contribution in [0.1, 0.15) is 25.7 Å². The highest BCUT2D eigenvalue weighted by Gasteiger charge is 2.54. The molecule has 8 aliphatic rings. The summed E-state index contributed by atoms with van der Waals surface area (Å²) in [5.41, 5.74) is 24.7. The zero-order valence-corrected chi connectivity index (χ0v) is 46.6. The Hall–Kier alpha value is -1.50. The van der Waals surface area contributed by atoms with E-state index in [4.69, 9.17) is 94.0 Å². The van der Waals surface area contributed by atoms with E-state index in [-0.39, 0.29) is 25.9 Å². The van der Waals surface area contributed by atoms with Gasteiger partial charge in [0.05, 0.1) is 101 Å². The number of rotatable bonds is 22. The zero-order valence-electron chi connectivity index (χ0n) is 44.9. The molecule has 0 aliphatic carbocycles. The molecule has 85 heavy (non-hydrogen) atoms. The van der Waals surface area contributed by atoms with Gasteiger partial charge in [-0.15, -0.1) is 0 Å². The standard InChI is InChI=1S/C44H78N4O35S2/c45-29-33(56)37(18(5-49)73-41(29)60)80-26-2-14(52)21(9-68-26)76-44-32(48)36(59)40(24(79-44)12-72-85(64,65)66)83-28-4-16(54)20(8-70-28)75-42-30(46)34(57)38(19(6-50)74-42)81-27-3-15(53)22(10-69-27)77-43-31(47)35(58)39(23(78-43)11-71-84(61,62)63)82-25-1-13(51)17(55)7-67-25/h13-44,49-60H,1-12,45-48H2,(H,61,62,63)(H,64,65,66)/t13-,14-,15-,16-,17+,18?,19?,20+,21+,22+,23?,24?,25-,26-,27-,28-,29?,30?,31?,32?,33+,34+,35+,36+,37+,38+,39+,40+,41-,42-,43-,44+/m0/s1. The van der Waals surface area contributed by atoms with Crippen LogP contribution in [0.4, 0.5) is 0 Å². The molecule has 8 rings (SSSR count). The number of aliphatic hydroxyl groups excluding tert-OH is 12. The molecule has 41 heteroatoms. The molecule has 8 saturated heterocycles. The van der Waals surface area contributed by atoms with Gasteiger partial charge in [-0.2, -0.15) is 16.8 Å². The minimum absolute atomic E-state index is 0.264. The molecule has 496 valence electrons. The van der Waals surface area contributed by atoms with Crippen LogP contribution in [0, 0.1) is 0 Å². The molecule has 0 bridgehead atoms. The van der Waals surface area contributed by atoms with Gasteiger partial charge in [-0.1, -0.05) is 0 Å². The van der Waals surface area contributed by atoms with Crippen LogP contribution in [0.25, 0.3) is 0 Å². The van der Waals surface area contributed by atoms with E-state index in [2.05, 4.69) is 8.37 Å². The lowest BCUT2D eigenvalue weighted by molar-refractivity contribution is -0.350. The molecule has 0 aromatic heterocycles. The van der Waals surface area contributed by atoms with Crippen LogP contribution in [-0.4, -0.2) is 337 Å². The molecule has 8 fully saturated rings. The summed E-state index contributed by atoms with van der Waals surface area (Å²) < 4.78 is 160. The number of nitrogens with two attached hydrogens (primary N) is 4. The van der Waals surface area contributed by atoms with E-state index in [9.17, 15) is 87.2 Å². The van der Waals surface area contributed by atoms with Gasteiger partial charge in [0.1, 0.15) is 97.7 Å². The van der Waals surface area contributed by atoms with Crippen molar-refractivity contribution in [2.75, 3.05) is 52.9 Å². The van der Waals surface area contributed by atoms with Gasteiger partial charge in [0.15, 0.2) is 50.3 Å².